The highest BCUT2D eigenvalue weighted by molar-refractivity contribution is 6.19. The van der Waals surface area contributed by atoms with Gasteiger partial charge in [0.1, 0.15) is 17.4 Å². The van der Waals surface area contributed by atoms with Crippen molar-refractivity contribution < 1.29 is 18.4 Å². The lowest BCUT2D eigenvalue weighted by Crippen LogP contribution is -2.42. The fraction of sp³-hybridized carbons (Fsp3) is 0.136. The molecule has 30 heavy (non-hydrogen) atoms. The van der Waals surface area contributed by atoms with Gasteiger partial charge in [0.25, 0.3) is 17.5 Å². The number of hydrogen-bond acceptors (Lipinski definition) is 6. The molecule has 0 atom stereocenters. The van der Waals surface area contributed by atoms with Crippen LogP contribution in [0.15, 0.2) is 55.9 Å². The maximum atomic E-state index is 12.7. The summed E-state index contributed by atoms with van der Waals surface area (Å²) in [5.74, 6) is -0.445. The molecule has 0 unspecified atom stereocenters. The van der Waals surface area contributed by atoms with E-state index in [2.05, 4.69) is 9.83 Å². The lowest BCUT2D eigenvalue weighted by atomic mass is 9.95. The van der Waals surface area contributed by atoms with Crippen LogP contribution in [-0.2, 0) is 9.59 Å². The maximum absolute atomic E-state index is 12.7. The van der Waals surface area contributed by atoms with Crippen molar-refractivity contribution in [2.75, 3.05) is 6.54 Å². The van der Waals surface area contributed by atoms with Crippen molar-refractivity contribution in [1.82, 2.24) is 9.88 Å². The first-order valence-corrected chi connectivity index (χ1v) is 9.04. The lowest BCUT2D eigenvalue weighted by molar-refractivity contribution is -0.140. The maximum Gasteiger partial charge on any atom is 0.271 e. The summed E-state index contributed by atoms with van der Waals surface area (Å²) in [6, 6.07) is 10.4. The van der Waals surface area contributed by atoms with Gasteiger partial charge in [0.05, 0.1) is 6.57 Å². The van der Waals surface area contributed by atoms with E-state index in [1.807, 2.05) is 6.07 Å². The Kier molecular flexibility index (Phi) is 4.53. The SMILES string of the molecule is [C-]#[N+]c1ccc(-c2cc3oc(/C=C4\C(=O)N(CC)C(=O)C(C#N)=C4C)nc3o2)cc1. The quantitative estimate of drug-likeness (QED) is 0.371. The number of fused-ring (bicyclic) bond motifs is 1. The van der Waals surface area contributed by atoms with E-state index < -0.39 is 11.8 Å². The first-order valence-electron chi connectivity index (χ1n) is 9.04. The van der Waals surface area contributed by atoms with Crippen LogP contribution in [0.5, 0.6) is 0 Å². The lowest BCUT2D eigenvalue weighted by Gasteiger charge is -2.25. The van der Waals surface area contributed by atoms with Crippen molar-refractivity contribution in [2.45, 2.75) is 13.8 Å². The van der Waals surface area contributed by atoms with Crippen LogP contribution in [-0.4, -0.2) is 28.2 Å². The number of carbonyl (C=O) groups is 2. The van der Waals surface area contributed by atoms with Crippen LogP contribution in [0.3, 0.4) is 0 Å². The fourth-order valence-corrected chi connectivity index (χ4v) is 3.20. The molecular formula is C22H14N4O4. The standard InChI is InChI=1S/C22H14N4O4/c1-4-26-21(27)15(12(2)16(11-23)22(26)28)9-19-25-20-18(29-19)10-17(30-20)13-5-7-14(24-3)8-6-13/h5-10H,4H2,1-2H3/b15-9-. The van der Waals surface area contributed by atoms with Gasteiger partial charge in [-0.05, 0) is 19.4 Å². The minimum atomic E-state index is -0.602. The molecule has 0 aliphatic carbocycles. The molecule has 1 aromatic carbocycles. The number of nitrogens with zero attached hydrogens (tertiary/aromatic N) is 4. The Morgan fingerprint density at radius 2 is 1.97 bits per heavy atom. The molecule has 2 amide bonds. The molecule has 0 fully saturated rings. The molecule has 0 saturated carbocycles. The van der Waals surface area contributed by atoms with Gasteiger partial charge in [-0.15, -0.1) is 0 Å². The average molecular weight is 398 g/mol. The molecule has 3 heterocycles. The van der Waals surface area contributed by atoms with Crippen molar-refractivity contribution >= 4 is 34.9 Å². The monoisotopic (exact) mass is 398 g/mol. The van der Waals surface area contributed by atoms with Crippen LogP contribution in [0.25, 0.3) is 33.5 Å². The predicted octanol–water partition coefficient (Wildman–Crippen LogP) is 4.25. The van der Waals surface area contributed by atoms with Crippen molar-refractivity contribution in [3.05, 3.63) is 64.4 Å². The van der Waals surface area contributed by atoms with E-state index in [0.29, 0.717) is 17.0 Å². The molecule has 3 aromatic rings. The fourth-order valence-electron chi connectivity index (χ4n) is 3.20. The molecule has 0 saturated heterocycles. The molecule has 146 valence electrons. The van der Waals surface area contributed by atoms with Gasteiger partial charge in [-0.3, -0.25) is 14.5 Å². The van der Waals surface area contributed by atoms with Gasteiger partial charge in [0.2, 0.25) is 5.89 Å². The zero-order valence-corrected chi connectivity index (χ0v) is 16.1. The molecule has 0 spiro atoms. The summed E-state index contributed by atoms with van der Waals surface area (Å²) in [7, 11) is 0. The summed E-state index contributed by atoms with van der Waals surface area (Å²) in [5.41, 5.74) is 2.31. The Hall–Kier alpha value is -4.43. The molecule has 1 aliphatic heterocycles. The van der Waals surface area contributed by atoms with Gasteiger partial charge in [-0.1, -0.05) is 24.3 Å². The third-order valence-corrected chi connectivity index (χ3v) is 4.80. The smallest absolute Gasteiger partial charge is 0.271 e. The van der Waals surface area contributed by atoms with Crippen LogP contribution in [0, 0.1) is 17.9 Å². The third-order valence-electron chi connectivity index (χ3n) is 4.80. The number of imide groups is 1. The van der Waals surface area contributed by atoms with Crippen molar-refractivity contribution in [3.8, 4) is 17.4 Å². The average Bonchev–Trinajstić information content (AvgIpc) is 3.31. The van der Waals surface area contributed by atoms with E-state index >= 15 is 0 Å². The van der Waals surface area contributed by atoms with Crippen molar-refractivity contribution in [3.63, 3.8) is 0 Å². The number of carbonyl (C=O) groups excluding carboxylic acids is 2. The first kappa shape index (κ1) is 18.9. The van der Waals surface area contributed by atoms with Crippen LogP contribution in [0.1, 0.15) is 19.7 Å². The topological polar surface area (TPSA) is 105 Å². The van der Waals surface area contributed by atoms with Gasteiger partial charge in [-0.2, -0.15) is 10.2 Å². The van der Waals surface area contributed by atoms with Crippen LogP contribution < -0.4 is 0 Å². The largest absolute Gasteiger partial charge is 0.435 e. The van der Waals surface area contributed by atoms with E-state index in [-0.39, 0.29) is 34.9 Å². The van der Waals surface area contributed by atoms with Crippen LogP contribution in [0.4, 0.5) is 5.69 Å². The molecule has 2 aromatic heterocycles. The van der Waals surface area contributed by atoms with Crippen LogP contribution in [0.2, 0.25) is 0 Å². The van der Waals surface area contributed by atoms with Gasteiger partial charge >= 0.3 is 0 Å². The number of furan rings is 1. The Labute approximate surface area is 171 Å². The van der Waals surface area contributed by atoms with Crippen molar-refractivity contribution in [1.29, 1.82) is 5.26 Å². The predicted molar refractivity (Wildman–Crippen MR) is 107 cm³/mol. The second-order valence-corrected chi connectivity index (χ2v) is 6.52. The van der Waals surface area contributed by atoms with E-state index in [9.17, 15) is 14.9 Å². The number of aromatic nitrogens is 1. The highest BCUT2D eigenvalue weighted by Crippen LogP contribution is 2.31. The Morgan fingerprint density at radius 1 is 1.23 bits per heavy atom. The second kappa shape index (κ2) is 7.19. The first-order chi connectivity index (χ1) is 14.5. The summed E-state index contributed by atoms with van der Waals surface area (Å²) in [6.07, 6.45) is 1.41. The van der Waals surface area contributed by atoms with Gasteiger partial charge in [-0.25, -0.2) is 4.85 Å². The summed E-state index contributed by atoms with van der Waals surface area (Å²) < 4.78 is 11.4. The summed E-state index contributed by atoms with van der Waals surface area (Å²) in [4.78, 5) is 33.5. The molecule has 8 heteroatoms. The van der Waals surface area contributed by atoms with Crippen LogP contribution >= 0.6 is 0 Å². The number of oxazole rings is 1. The minimum Gasteiger partial charge on any atom is -0.435 e. The van der Waals surface area contributed by atoms with Gasteiger partial charge in [0.15, 0.2) is 11.3 Å². The Bertz CT molecular complexity index is 1310. The minimum absolute atomic E-state index is 0.0805. The van der Waals surface area contributed by atoms with Crippen molar-refractivity contribution in [2.24, 2.45) is 0 Å². The summed E-state index contributed by atoms with van der Waals surface area (Å²) in [6.45, 7) is 10.4. The molecule has 8 nitrogen and oxygen atoms in total. The molecule has 4 rings (SSSR count). The number of rotatable bonds is 3. The number of hydrogen-bond donors (Lipinski definition) is 0. The van der Waals surface area contributed by atoms with Gasteiger partial charge < -0.3 is 8.83 Å². The Balaban J connectivity index is 1.72. The highest BCUT2D eigenvalue weighted by Gasteiger charge is 2.34. The van der Waals surface area contributed by atoms with E-state index in [4.69, 9.17) is 15.4 Å². The zero-order valence-electron chi connectivity index (χ0n) is 16.1. The second-order valence-electron chi connectivity index (χ2n) is 6.52. The number of amides is 2. The molecule has 0 N–H and O–H groups in total. The highest BCUT2D eigenvalue weighted by atomic mass is 16.4. The molecule has 1 aliphatic rings. The Morgan fingerprint density at radius 3 is 2.57 bits per heavy atom. The molecule has 0 radical (unpaired) electrons. The molecule has 0 bridgehead atoms. The van der Waals surface area contributed by atoms with E-state index in [0.717, 1.165) is 10.5 Å². The number of likely N-dealkylation sites (N-methyl/N-ethyl adjacent to an activating group) is 1. The van der Waals surface area contributed by atoms with E-state index in [1.54, 1.807) is 44.2 Å². The zero-order chi connectivity index (χ0) is 21.4. The van der Waals surface area contributed by atoms with E-state index in [1.165, 1.54) is 6.08 Å². The summed E-state index contributed by atoms with van der Waals surface area (Å²) >= 11 is 0. The van der Waals surface area contributed by atoms with Gasteiger partial charge in [0, 0.05) is 29.8 Å². The number of benzene rings is 1. The number of nitriles is 1. The molecular weight excluding hydrogens is 384 g/mol. The normalized spacial score (nSPS) is 15.7. The third kappa shape index (κ3) is 2.97. The summed E-state index contributed by atoms with van der Waals surface area (Å²) in [5, 5.41) is 9.30.